The van der Waals surface area contributed by atoms with Crippen molar-refractivity contribution in [3.63, 3.8) is 0 Å². The van der Waals surface area contributed by atoms with E-state index in [1.54, 1.807) is 13.1 Å². The van der Waals surface area contributed by atoms with Gasteiger partial charge < -0.3 is 24.6 Å². The van der Waals surface area contributed by atoms with E-state index >= 15 is 0 Å². The summed E-state index contributed by atoms with van der Waals surface area (Å²) in [4.78, 5) is 26.2. The van der Waals surface area contributed by atoms with Gasteiger partial charge in [0.15, 0.2) is 5.76 Å². The molecule has 116 valence electrons. The van der Waals surface area contributed by atoms with E-state index in [0.29, 0.717) is 31.8 Å². The summed E-state index contributed by atoms with van der Waals surface area (Å²) in [6.45, 7) is 2.16. The molecule has 7 heteroatoms. The normalized spacial score (nSPS) is 15.1. The van der Waals surface area contributed by atoms with E-state index in [1.807, 2.05) is 18.2 Å². The topological polar surface area (TPSA) is 86.0 Å². The van der Waals surface area contributed by atoms with Gasteiger partial charge in [-0.1, -0.05) is 6.07 Å². The molecule has 2 N–H and O–H groups in total. The molecule has 0 saturated carbocycles. The van der Waals surface area contributed by atoms with Crippen molar-refractivity contribution in [2.75, 3.05) is 38.1 Å². The van der Waals surface area contributed by atoms with Gasteiger partial charge in [-0.05, 0) is 18.2 Å². The lowest BCUT2D eigenvalue weighted by molar-refractivity contribution is 0.0937. The van der Waals surface area contributed by atoms with E-state index in [1.165, 1.54) is 4.90 Å². The fraction of sp³-hybridized carbons (Fsp3) is 0.333. The average Bonchev–Trinajstić information content (AvgIpc) is 2.98. The molecule has 1 saturated heterocycles. The minimum Gasteiger partial charge on any atom is -0.465 e. The highest BCUT2D eigenvalue weighted by molar-refractivity contribution is 6.00. The molecule has 1 aliphatic rings. The van der Waals surface area contributed by atoms with Gasteiger partial charge in [-0.25, -0.2) is 4.79 Å². The smallest absolute Gasteiger partial charge is 0.407 e. The van der Waals surface area contributed by atoms with Crippen LogP contribution in [0, 0.1) is 0 Å². The summed E-state index contributed by atoms with van der Waals surface area (Å²) in [6.07, 6.45) is -0.886. The van der Waals surface area contributed by atoms with Crippen LogP contribution in [-0.4, -0.2) is 55.2 Å². The first kappa shape index (κ1) is 14.2. The number of benzene rings is 1. The second kappa shape index (κ2) is 5.59. The minimum atomic E-state index is -0.886. The SMILES string of the molecule is CNC(=O)c1cc2c(N3CCN(C(=O)O)CC3)cccc2o1. The van der Waals surface area contributed by atoms with Gasteiger partial charge in [0.05, 0.1) is 0 Å². The summed E-state index contributed by atoms with van der Waals surface area (Å²) in [5.41, 5.74) is 1.61. The van der Waals surface area contributed by atoms with E-state index in [9.17, 15) is 9.59 Å². The molecule has 0 spiro atoms. The van der Waals surface area contributed by atoms with E-state index in [-0.39, 0.29) is 11.7 Å². The summed E-state index contributed by atoms with van der Waals surface area (Å²) < 4.78 is 5.57. The van der Waals surface area contributed by atoms with Crippen LogP contribution in [-0.2, 0) is 0 Å². The Kier molecular flexibility index (Phi) is 3.62. The number of fused-ring (bicyclic) bond motifs is 1. The maximum Gasteiger partial charge on any atom is 0.407 e. The molecule has 2 heterocycles. The molecule has 1 aromatic heterocycles. The Morgan fingerprint density at radius 3 is 2.59 bits per heavy atom. The number of nitrogens with one attached hydrogen (secondary N) is 1. The first-order chi connectivity index (χ1) is 10.6. The number of carbonyl (C=O) groups excluding carboxylic acids is 1. The second-order valence-electron chi connectivity index (χ2n) is 5.14. The molecule has 0 atom stereocenters. The van der Waals surface area contributed by atoms with Crippen LogP contribution in [0.5, 0.6) is 0 Å². The van der Waals surface area contributed by atoms with Crippen molar-refractivity contribution >= 4 is 28.7 Å². The van der Waals surface area contributed by atoms with Crippen LogP contribution in [0.1, 0.15) is 10.6 Å². The molecule has 2 amide bonds. The van der Waals surface area contributed by atoms with E-state index < -0.39 is 6.09 Å². The molecular formula is C15H17N3O4. The Balaban J connectivity index is 1.89. The van der Waals surface area contributed by atoms with Crippen LogP contribution in [0.3, 0.4) is 0 Å². The van der Waals surface area contributed by atoms with Gasteiger partial charge >= 0.3 is 6.09 Å². The lowest BCUT2D eigenvalue weighted by Gasteiger charge is -2.34. The fourth-order valence-corrected chi connectivity index (χ4v) is 2.70. The molecule has 1 aliphatic heterocycles. The zero-order valence-electron chi connectivity index (χ0n) is 12.2. The highest BCUT2D eigenvalue weighted by Gasteiger charge is 2.22. The number of amides is 2. The van der Waals surface area contributed by atoms with Gasteiger partial charge in [0.1, 0.15) is 5.58 Å². The number of carbonyl (C=O) groups is 2. The Labute approximate surface area is 127 Å². The molecule has 1 fully saturated rings. The molecular weight excluding hydrogens is 286 g/mol. The van der Waals surface area contributed by atoms with Crippen LogP contribution in [0.4, 0.5) is 10.5 Å². The van der Waals surface area contributed by atoms with Crippen molar-refractivity contribution in [2.45, 2.75) is 0 Å². The molecule has 0 radical (unpaired) electrons. The number of furan rings is 1. The Morgan fingerprint density at radius 2 is 1.95 bits per heavy atom. The molecule has 1 aromatic carbocycles. The number of anilines is 1. The Bertz CT molecular complexity index is 717. The highest BCUT2D eigenvalue weighted by atomic mass is 16.4. The Hall–Kier alpha value is -2.70. The predicted octanol–water partition coefficient (Wildman–Crippen LogP) is 1.59. The lowest BCUT2D eigenvalue weighted by Crippen LogP contribution is -2.48. The van der Waals surface area contributed by atoms with Gasteiger partial charge in [-0.15, -0.1) is 0 Å². The van der Waals surface area contributed by atoms with Crippen molar-refractivity contribution < 1.29 is 19.1 Å². The lowest BCUT2D eigenvalue weighted by atomic mass is 10.1. The quantitative estimate of drug-likeness (QED) is 0.880. The molecule has 0 aliphatic carbocycles. The van der Waals surface area contributed by atoms with Gasteiger partial charge in [0.2, 0.25) is 0 Å². The van der Waals surface area contributed by atoms with E-state index in [2.05, 4.69) is 10.2 Å². The largest absolute Gasteiger partial charge is 0.465 e. The van der Waals surface area contributed by atoms with Gasteiger partial charge in [0, 0.05) is 44.3 Å². The van der Waals surface area contributed by atoms with Crippen LogP contribution in [0.15, 0.2) is 28.7 Å². The van der Waals surface area contributed by atoms with Crippen LogP contribution < -0.4 is 10.2 Å². The predicted molar refractivity (Wildman–Crippen MR) is 81.4 cm³/mol. The first-order valence-electron chi connectivity index (χ1n) is 7.07. The third kappa shape index (κ3) is 2.45. The van der Waals surface area contributed by atoms with Crippen molar-refractivity contribution in [1.82, 2.24) is 10.2 Å². The monoisotopic (exact) mass is 303 g/mol. The van der Waals surface area contributed by atoms with Crippen molar-refractivity contribution in [2.24, 2.45) is 0 Å². The number of hydrogen-bond donors (Lipinski definition) is 2. The summed E-state index contributed by atoms with van der Waals surface area (Å²) in [5, 5.41) is 12.4. The summed E-state index contributed by atoms with van der Waals surface area (Å²) in [6, 6.07) is 7.38. The average molecular weight is 303 g/mol. The number of rotatable bonds is 2. The number of piperazine rings is 1. The standard InChI is InChI=1S/C15H17N3O4/c1-16-14(19)13-9-10-11(3-2-4-12(10)22-13)17-5-7-18(8-6-17)15(20)21/h2-4,9H,5-8H2,1H3,(H,16,19)(H,20,21). The summed E-state index contributed by atoms with van der Waals surface area (Å²) >= 11 is 0. The molecule has 22 heavy (non-hydrogen) atoms. The highest BCUT2D eigenvalue weighted by Crippen LogP contribution is 2.30. The molecule has 7 nitrogen and oxygen atoms in total. The third-order valence-corrected chi connectivity index (χ3v) is 3.88. The van der Waals surface area contributed by atoms with Gasteiger partial charge in [-0.3, -0.25) is 4.79 Å². The van der Waals surface area contributed by atoms with Crippen LogP contribution in [0.25, 0.3) is 11.0 Å². The minimum absolute atomic E-state index is 0.266. The fourth-order valence-electron chi connectivity index (χ4n) is 2.70. The van der Waals surface area contributed by atoms with Crippen molar-refractivity contribution in [3.05, 3.63) is 30.0 Å². The summed E-state index contributed by atoms with van der Waals surface area (Å²) in [5.74, 6) is 0.00645. The molecule has 2 aromatic rings. The maximum atomic E-state index is 11.7. The van der Waals surface area contributed by atoms with Crippen molar-refractivity contribution in [1.29, 1.82) is 0 Å². The zero-order chi connectivity index (χ0) is 15.7. The van der Waals surface area contributed by atoms with Crippen molar-refractivity contribution in [3.8, 4) is 0 Å². The number of carboxylic acid groups (broad SMARTS) is 1. The number of nitrogens with zero attached hydrogens (tertiary/aromatic N) is 2. The first-order valence-corrected chi connectivity index (χ1v) is 7.07. The maximum absolute atomic E-state index is 11.7. The van der Waals surface area contributed by atoms with E-state index in [4.69, 9.17) is 9.52 Å². The number of hydrogen-bond acceptors (Lipinski definition) is 4. The van der Waals surface area contributed by atoms with Gasteiger partial charge in [0.25, 0.3) is 5.91 Å². The molecule has 0 bridgehead atoms. The second-order valence-corrected chi connectivity index (χ2v) is 5.14. The molecule has 0 unspecified atom stereocenters. The van der Waals surface area contributed by atoms with Crippen LogP contribution in [0.2, 0.25) is 0 Å². The van der Waals surface area contributed by atoms with E-state index in [0.717, 1.165) is 11.1 Å². The summed E-state index contributed by atoms with van der Waals surface area (Å²) in [7, 11) is 1.56. The van der Waals surface area contributed by atoms with Crippen LogP contribution >= 0.6 is 0 Å². The van der Waals surface area contributed by atoms with Gasteiger partial charge in [-0.2, -0.15) is 0 Å². The zero-order valence-corrected chi connectivity index (χ0v) is 12.2. The third-order valence-electron chi connectivity index (χ3n) is 3.88. The molecule has 3 rings (SSSR count). The Morgan fingerprint density at radius 1 is 1.23 bits per heavy atom.